The second-order valence-corrected chi connectivity index (χ2v) is 13.7. The highest BCUT2D eigenvalue weighted by Gasteiger charge is 2.33. The molecule has 0 aliphatic carbocycles. The molecule has 2 atom stereocenters. The average molecular weight is 575 g/mol. The zero-order valence-electron chi connectivity index (χ0n) is 23.3. The van der Waals surface area contributed by atoms with E-state index >= 15 is 0 Å². The maximum Gasteiger partial charge on any atom is 0.257 e. The molecule has 1 fully saturated rings. The van der Waals surface area contributed by atoms with Gasteiger partial charge >= 0.3 is 0 Å². The molecule has 2 aliphatic rings. The Labute approximate surface area is 235 Å². The van der Waals surface area contributed by atoms with Gasteiger partial charge in [-0.2, -0.15) is 4.31 Å². The predicted molar refractivity (Wildman–Crippen MR) is 152 cm³/mol. The summed E-state index contributed by atoms with van der Waals surface area (Å²) in [5.41, 5.74) is 1.67. The van der Waals surface area contributed by atoms with Crippen LogP contribution < -0.4 is 5.32 Å². The van der Waals surface area contributed by atoms with Crippen LogP contribution >= 0.6 is 11.3 Å². The van der Waals surface area contributed by atoms with Gasteiger partial charge in [0.05, 0.1) is 17.0 Å². The van der Waals surface area contributed by atoms with Crippen molar-refractivity contribution in [2.75, 3.05) is 38.0 Å². The molecule has 0 bridgehead atoms. The molecule has 0 saturated carbocycles. The molecule has 2 aromatic rings. The minimum absolute atomic E-state index is 0.0280. The van der Waals surface area contributed by atoms with Crippen LogP contribution in [0.25, 0.3) is 0 Å². The number of thiophene rings is 1. The number of carbonyl (C=O) groups excluding carboxylic acids is 3. The van der Waals surface area contributed by atoms with E-state index in [4.69, 9.17) is 0 Å². The fourth-order valence-corrected chi connectivity index (χ4v) is 8.49. The van der Waals surface area contributed by atoms with Gasteiger partial charge in [-0.25, -0.2) is 8.42 Å². The van der Waals surface area contributed by atoms with Gasteiger partial charge in [0.1, 0.15) is 5.00 Å². The van der Waals surface area contributed by atoms with E-state index in [1.165, 1.54) is 46.8 Å². The van der Waals surface area contributed by atoms with Crippen LogP contribution in [0, 0.1) is 11.8 Å². The third-order valence-electron chi connectivity index (χ3n) is 7.58. The number of carbonyl (C=O) groups is 3. The molecule has 0 radical (unpaired) electrons. The molecule has 3 amide bonds. The highest BCUT2D eigenvalue weighted by atomic mass is 32.2. The van der Waals surface area contributed by atoms with Crippen LogP contribution in [-0.2, 0) is 27.8 Å². The summed E-state index contributed by atoms with van der Waals surface area (Å²) in [5.74, 6) is -0.00742. The number of nitrogens with zero attached hydrogens (tertiary/aromatic N) is 3. The predicted octanol–water partition coefficient (Wildman–Crippen LogP) is 4.05. The van der Waals surface area contributed by atoms with Gasteiger partial charge in [0.2, 0.25) is 15.9 Å². The van der Waals surface area contributed by atoms with Crippen molar-refractivity contribution in [3.63, 3.8) is 0 Å². The van der Waals surface area contributed by atoms with E-state index in [0.717, 1.165) is 16.9 Å². The fraction of sp³-hybridized carbons (Fsp3) is 0.536. The first-order valence-electron chi connectivity index (χ1n) is 13.6. The molecule has 1 saturated heterocycles. The minimum Gasteiger partial charge on any atom is -0.339 e. The fourth-order valence-electron chi connectivity index (χ4n) is 5.56. The number of anilines is 1. The van der Waals surface area contributed by atoms with Crippen molar-refractivity contribution in [2.45, 2.75) is 58.9 Å². The Morgan fingerprint density at radius 1 is 1.05 bits per heavy atom. The van der Waals surface area contributed by atoms with Crippen molar-refractivity contribution < 1.29 is 22.8 Å². The molecule has 212 valence electrons. The van der Waals surface area contributed by atoms with Crippen LogP contribution in [0.15, 0.2) is 29.2 Å². The molecule has 1 aromatic heterocycles. The van der Waals surface area contributed by atoms with Gasteiger partial charge < -0.3 is 15.1 Å². The zero-order valence-corrected chi connectivity index (χ0v) is 25.0. The summed E-state index contributed by atoms with van der Waals surface area (Å²) in [4.78, 5) is 43.2. The minimum atomic E-state index is -3.66. The van der Waals surface area contributed by atoms with Crippen LogP contribution in [0.5, 0.6) is 0 Å². The molecule has 1 aromatic carbocycles. The van der Waals surface area contributed by atoms with E-state index < -0.39 is 15.9 Å². The largest absolute Gasteiger partial charge is 0.339 e. The summed E-state index contributed by atoms with van der Waals surface area (Å²) in [6.45, 7) is 12.5. The Bertz CT molecular complexity index is 1340. The summed E-state index contributed by atoms with van der Waals surface area (Å²) in [6, 6.07) is 5.96. The average Bonchev–Trinajstić information content (AvgIpc) is 3.25. The molecule has 2 aliphatic heterocycles. The van der Waals surface area contributed by atoms with Gasteiger partial charge in [0.15, 0.2) is 0 Å². The van der Waals surface area contributed by atoms with Crippen LogP contribution in [-0.4, -0.2) is 73.0 Å². The quantitative estimate of drug-likeness (QED) is 0.537. The molecular formula is C28H38N4O5S2. The first-order valence-corrected chi connectivity index (χ1v) is 15.8. The van der Waals surface area contributed by atoms with E-state index in [0.29, 0.717) is 73.7 Å². The lowest BCUT2D eigenvalue weighted by molar-refractivity contribution is -0.129. The number of nitrogens with one attached hydrogen (secondary N) is 1. The lowest BCUT2D eigenvalue weighted by Crippen LogP contribution is -2.42. The van der Waals surface area contributed by atoms with Gasteiger partial charge in [-0.05, 0) is 68.4 Å². The molecule has 39 heavy (non-hydrogen) atoms. The van der Waals surface area contributed by atoms with E-state index in [9.17, 15) is 22.8 Å². The summed E-state index contributed by atoms with van der Waals surface area (Å²) >= 11 is 1.32. The second kappa shape index (κ2) is 11.8. The number of rotatable bonds is 7. The standard InChI is InChI=1S/C28H38N4O5S2/c1-6-30(7-2)28(35)25-23-12-13-31(20(5)33)17-24(23)38-27(25)29-26(34)21-8-10-22(11-9-21)39(36,37)32-15-18(3)14-19(4)16-32/h8-11,18-19H,6-7,12-17H2,1-5H3,(H,29,34). The van der Waals surface area contributed by atoms with Crippen LogP contribution in [0.1, 0.15) is 72.2 Å². The molecule has 1 N–H and O–H groups in total. The molecule has 11 heteroatoms. The second-order valence-electron chi connectivity index (χ2n) is 10.6. The Morgan fingerprint density at radius 2 is 1.67 bits per heavy atom. The maximum atomic E-state index is 13.5. The van der Waals surface area contributed by atoms with Gasteiger partial charge in [0.25, 0.3) is 11.8 Å². The summed E-state index contributed by atoms with van der Waals surface area (Å²) < 4.78 is 28.0. The normalized spacial score (nSPS) is 19.9. The lowest BCUT2D eigenvalue weighted by Gasteiger charge is -2.34. The molecule has 4 rings (SSSR count). The molecule has 2 unspecified atom stereocenters. The Morgan fingerprint density at radius 3 is 2.23 bits per heavy atom. The Hall–Kier alpha value is -2.76. The highest BCUT2D eigenvalue weighted by molar-refractivity contribution is 7.89. The topological polar surface area (TPSA) is 107 Å². The molecular weight excluding hydrogens is 536 g/mol. The van der Waals surface area contributed by atoms with Crippen molar-refractivity contribution >= 4 is 44.1 Å². The van der Waals surface area contributed by atoms with E-state index in [2.05, 4.69) is 19.2 Å². The van der Waals surface area contributed by atoms with E-state index in [1.807, 2.05) is 13.8 Å². The number of hydrogen-bond acceptors (Lipinski definition) is 6. The van der Waals surface area contributed by atoms with Crippen LogP contribution in [0.4, 0.5) is 5.00 Å². The summed E-state index contributed by atoms with van der Waals surface area (Å²) in [5, 5.41) is 3.37. The first kappa shape index (κ1) is 29.2. The van der Waals surface area contributed by atoms with Crippen LogP contribution in [0.3, 0.4) is 0 Å². The first-order chi connectivity index (χ1) is 18.5. The van der Waals surface area contributed by atoms with Crippen LogP contribution in [0.2, 0.25) is 0 Å². The number of benzene rings is 1. The van der Waals surface area contributed by atoms with E-state index in [1.54, 1.807) is 9.80 Å². The molecule has 3 heterocycles. The number of hydrogen-bond donors (Lipinski definition) is 1. The van der Waals surface area contributed by atoms with Crippen molar-refractivity contribution in [1.82, 2.24) is 14.1 Å². The lowest BCUT2D eigenvalue weighted by atomic mass is 9.94. The van der Waals surface area contributed by atoms with Crippen molar-refractivity contribution in [2.24, 2.45) is 11.8 Å². The summed E-state index contributed by atoms with van der Waals surface area (Å²) in [7, 11) is -3.66. The number of fused-ring (bicyclic) bond motifs is 1. The van der Waals surface area contributed by atoms with Crippen molar-refractivity contribution in [3.8, 4) is 0 Å². The zero-order chi connectivity index (χ0) is 28.5. The van der Waals surface area contributed by atoms with Crippen molar-refractivity contribution in [3.05, 3.63) is 45.8 Å². The Balaban J connectivity index is 1.59. The third-order valence-corrected chi connectivity index (χ3v) is 10.6. The van der Waals surface area contributed by atoms with Gasteiger partial charge in [-0.1, -0.05) is 13.8 Å². The summed E-state index contributed by atoms with van der Waals surface area (Å²) in [6.07, 6.45) is 1.55. The van der Waals surface area contributed by atoms with Gasteiger partial charge in [0, 0.05) is 50.1 Å². The smallest absolute Gasteiger partial charge is 0.257 e. The maximum absolute atomic E-state index is 13.5. The SMILES string of the molecule is CCN(CC)C(=O)c1c(NC(=O)c2ccc(S(=O)(=O)N3CC(C)CC(C)C3)cc2)sc2c1CCN(C(C)=O)C2. The molecule has 0 spiro atoms. The van der Waals surface area contributed by atoms with Gasteiger partial charge in [-0.15, -0.1) is 11.3 Å². The number of amides is 3. The Kier molecular flexibility index (Phi) is 8.82. The third kappa shape index (κ3) is 6.05. The molecule has 9 nitrogen and oxygen atoms in total. The highest BCUT2D eigenvalue weighted by Crippen LogP contribution is 2.38. The number of sulfonamides is 1. The number of piperidine rings is 1. The monoisotopic (exact) mass is 574 g/mol. The van der Waals surface area contributed by atoms with Gasteiger partial charge in [-0.3, -0.25) is 14.4 Å². The van der Waals surface area contributed by atoms with E-state index in [-0.39, 0.29) is 16.7 Å². The van der Waals surface area contributed by atoms with Crippen molar-refractivity contribution in [1.29, 1.82) is 0 Å².